The van der Waals surface area contributed by atoms with Crippen molar-refractivity contribution in [3.8, 4) is 0 Å². The van der Waals surface area contributed by atoms with Gasteiger partial charge in [0.05, 0.1) is 12.6 Å². The van der Waals surface area contributed by atoms with Crippen LogP contribution in [0.5, 0.6) is 0 Å². The number of nitrogens with two attached hydrogens (primary N) is 1. The third-order valence-electron chi connectivity index (χ3n) is 2.30. The smallest absolute Gasteiger partial charge is 0.319 e. The minimum atomic E-state index is -0.277. The summed E-state index contributed by atoms with van der Waals surface area (Å²) >= 11 is 0. The van der Waals surface area contributed by atoms with E-state index in [2.05, 4.69) is 10.6 Å². The van der Waals surface area contributed by atoms with Crippen LogP contribution in [0.25, 0.3) is 0 Å². The first kappa shape index (κ1) is 13.5. The molecule has 0 aliphatic rings. The van der Waals surface area contributed by atoms with Crippen LogP contribution in [0, 0.1) is 6.92 Å². The molecule has 0 aliphatic carbocycles. The largest absolute Gasteiger partial charge is 0.383 e. The fourth-order valence-electron chi connectivity index (χ4n) is 1.36. The first-order valence-electron chi connectivity index (χ1n) is 5.49. The molecule has 0 aromatic heterocycles. The van der Waals surface area contributed by atoms with Crippen LogP contribution in [-0.2, 0) is 4.74 Å². The predicted octanol–water partition coefficient (Wildman–Crippen LogP) is 1.09. The molecule has 94 valence electrons. The molecule has 1 atom stereocenters. The molecule has 2 amide bonds. The summed E-state index contributed by atoms with van der Waals surface area (Å²) in [7, 11) is 1.57. The molecule has 0 bridgehead atoms. The number of carbonyl (C=O) groups excluding carboxylic acids is 1. The number of benzene rings is 1. The van der Waals surface area contributed by atoms with Crippen molar-refractivity contribution in [2.45, 2.75) is 13.0 Å². The maximum atomic E-state index is 11.6. The van der Waals surface area contributed by atoms with E-state index in [0.717, 1.165) is 11.3 Å². The Kier molecular flexibility index (Phi) is 5.45. The van der Waals surface area contributed by atoms with Gasteiger partial charge in [-0.15, -0.1) is 0 Å². The van der Waals surface area contributed by atoms with Crippen LogP contribution >= 0.6 is 0 Å². The molecule has 0 saturated carbocycles. The number of nitrogens with one attached hydrogen (secondary N) is 2. The second kappa shape index (κ2) is 6.88. The Balaban J connectivity index is 2.46. The van der Waals surface area contributed by atoms with E-state index in [1.54, 1.807) is 7.11 Å². The van der Waals surface area contributed by atoms with Gasteiger partial charge >= 0.3 is 6.03 Å². The van der Waals surface area contributed by atoms with Crippen molar-refractivity contribution < 1.29 is 9.53 Å². The normalized spacial score (nSPS) is 11.9. The standard InChI is InChI=1S/C12H19N3O2/c1-9-3-5-10(6-4-9)14-12(16)15-11(7-13)8-17-2/h3-6,11H,7-8,13H2,1-2H3,(H2,14,15,16). The Morgan fingerprint density at radius 1 is 1.41 bits per heavy atom. The van der Waals surface area contributed by atoms with Crippen molar-refractivity contribution in [2.75, 3.05) is 25.6 Å². The van der Waals surface area contributed by atoms with Gasteiger partial charge in [0.25, 0.3) is 0 Å². The SMILES string of the molecule is COCC(CN)NC(=O)Nc1ccc(C)cc1. The Labute approximate surface area is 101 Å². The van der Waals surface area contributed by atoms with Crippen LogP contribution in [0.15, 0.2) is 24.3 Å². The van der Waals surface area contributed by atoms with Gasteiger partial charge in [0.15, 0.2) is 0 Å². The number of methoxy groups -OCH3 is 1. The Morgan fingerprint density at radius 3 is 2.59 bits per heavy atom. The molecule has 4 N–H and O–H groups in total. The second-order valence-electron chi connectivity index (χ2n) is 3.85. The van der Waals surface area contributed by atoms with Crippen molar-refractivity contribution in [1.29, 1.82) is 0 Å². The molecule has 1 rings (SSSR count). The zero-order valence-corrected chi connectivity index (χ0v) is 10.2. The molecule has 0 saturated heterocycles. The van der Waals surface area contributed by atoms with Gasteiger partial charge < -0.3 is 21.1 Å². The van der Waals surface area contributed by atoms with E-state index in [1.165, 1.54) is 0 Å². The van der Waals surface area contributed by atoms with E-state index in [1.807, 2.05) is 31.2 Å². The topological polar surface area (TPSA) is 76.4 Å². The van der Waals surface area contributed by atoms with Crippen molar-refractivity contribution in [3.05, 3.63) is 29.8 Å². The van der Waals surface area contributed by atoms with E-state index in [-0.39, 0.29) is 12.1 Å². The van der Waals surface area contributed by atoms with Crippen LogP contribution in [-0.4, -0.2) is 32.3 Å². The quantitative estimate of drug-likeness (QED) is 0.717. The number of ether oxygens (including phenoxy) is 1. The molecule has 0 aliphatic heterocycles. The first-order valence-corrected chi connectivity index (χ1v) is 5.49. The summed E-state index contributed by atoms with van der Waals surface area (Å²) in [6.07, 6.45) is 0. The summed E-state index contributed by atoms with van der Waals surface area (Å²) in [4.78, 5) is 11.6. The lowest BCUT2D eigenvalue weighted by Crippen LogP contribution is -2.45. The van der Waals surface area contributed by atoms with Gasteiger partial charge in [-0.1, -0.05) is 17.7 Å². The molecule has 0 spiro atoms. The third kappa shape index (κ3) is 4.84. The van der Waals surface area contributed by atoms with E-state index >= 15 is 0 Å². The zero-order chi connectivity index (χ0) is 12.7. The van der Waals surface area contributed by atoms with E-state index < -0.39 is 0 Å². The summed E-state index contributed by atoms with van der Waals surface area (Å²) in [5.74, 6) is 0. The number of rotatable bonds is 5. The van der Waals surface area contributed by atoms with Gasteiger partial charge in [-0.25, -0.2) is 4.79 Å². The van der Waals surface area contributed by atoms with Crippen LogP contribution < -0.4 is 16.4 Å². The average Bonchev–Trinajstić information content (AvgIpc) is 2.31. The Hall–Kier alpha value is -1.59. The fraction of sp³-hybridized carbons (Fsp3) is 0.417. The van der Waals surface area contributed by atoms with Gasteiger partial charge in [-0.2, -0.15) is 0 Å². The molecule has 17 heavy (non-hydrogen) atoms. The number of carbonyl (C=O) groups is 1. The van der Waals surface area contributed by atoms with Crippen molar-refractivity contribution in [2.24, 2.45) is 5.73 Å². The van der Waals surface area contributed by atoms with E-state index in [0.29, 0.717) is 13.2 Å². The predicted molar refractivity (Wildman–Crippen MR) is 68.1 cm³/mol. The first-order chi connectivity index (χ1) is 8.15. The average molecular weight is 237 g/mol. The van der Waals surface area contributed by atoms with Crippen molar-refractivity contribution in [3.63, 3.8) is 0 Å². The van der Waals surface area contributed by atoms with E-state index in [9.17, 15) is 4.79 Å². The number of anilines is 1. The third-order valence-corrected chi connectivity index (χ3v) is 2.30. The summed E-state index contributed by atoms with van der Waals surface area (Å²) in [6, 6.07) is 7.12. The fourth-order valence-corrected chi connectivity index (χ4v) is 1.36. The molecule has 5 heteroatoms. The lowest BCUT2D eigenvalue weighted by Gasteiger charge is -2.16. The highest BCUT2D eigenvalue weighted by Gasteiger charge is 2.09. The molecule has 5 nitrogen and oxygen atoms in total. The van der Waals surface area contributed by atoms with Crippen LogP contribution in [0.4, 0.5) is 10.5 Å². The molecular weight excluding hydrogens is 218 g/mol. The van der Waals surface area contributed by atoms with Crippen molar-refractivity contribution in [1.82, 2.24) is 5.32 Å². The van der Waals surface area contributed by atoms with Gasteiger partial charge in [-0.05, 0) is 19.1 Å². The monoisotopic (exact) mass is 237 g/mol. The van der Waals surface area contributed by atoms with Crippen LogP contribution in [0.2, 0.25) is 0 Å². The maximum Gasteiger partial charge on any atom is 0.319 e. The number of amides is 2. The van der Waals surface area contributed by atoms with Gasteiger partial charge in [0, 0.05) is 19.3 Å². The number of aryl methyl sites for hydroxylation is 1. The summed E-state index contributed by atoms with van der Waals surface area (Å²) in [5, 5.41) is 5.46. The molecule has 1 aromatic carbocycles. The Morgan fingerprint density at radius 2 is 2.06 bits per heavy atom. The number of urea groups is 1. The molecule has 1 aromatic rings. The number of hydrogen-bond acceptors (Lipinski definition) is 3. The zero-order valence-electron chi connectivity index (χ0n) is 10.2. The lowest BCUT2D eigenvalue weighted by atomic mass is 10.2. The van der Waals surface area contributed by atoms with Gasteiger partial charge in [-0.3, -0.25) is 0 Å². The number of hydrogen-bond donors (Lipinski definition) is 3. The molecule has 0 radical (unpaired) electrons. The highest BCUT2D eigenvalue weighted by Crippen LogP contribution is 2.08. The molecular formula is C12H19N3O2. The van der Waals surface area contributed by atoms with E-state index in [4.69, 9.17) is 10.5 Å². The van der Waals surface area contributed by atoms with Crippen LogP contribution in [0.1, 0.15) is 5.56 Å². The second-order valence-corrected chi connectivity index (χ2v) is 3.85. The minimum absolute atomic E-state index is 0.176. The highest BCUT2D eigenvalue weighted by atomic mass is 16.5. The summed E-state index contributed by atoms with van der Waals surface area (Å²) in [6.45, 7) is 2.74. The summed E-state index contributed by atoms with van der Waals surface area (Å²) < 4.78 is 4.94. The van der Waals surface area contributed by atoms with Crippen molar-refractivity contribution >= 4 is 11.7 Å². The minimum Gasteiger partial charge on any atom is -0.383 e. The Bertz CT molecular complexity index is 351. The highest BCUT2D eigenvalue weighted by molar-refractivity contribution is 5.89. The van der Waals surface area contributed by atoms with Crippen LogP contribution in [0.3, 0.4) is 0 Å². The van der Waals surface area contributed by atoms with Gasteiger partial charge in [0.2, 0.25) is 0 Å². The summed E-state index contributed by atoms with van der Waals surface area (Å²) in [5.41, 5.74) is 7.40. The van der Waals surface area contributed by atoms with Gasteiger partial charge in [0.1, 0.15) is 0 Å². The molecule has 1 unspecified atom stereocenters. The lowest BCUT2D eigenvalue weighted by molar-refractivity contribution is 0.169. The molecule has 0 fully saturated rings. The maximum absolute atomic E-state index is 11.6. The molecule has 0 heterocycles.